The lowest BCUT2D eigenvalue weighted by Crippen LogP contribution is -2.31. The summed E-state index contributed by atoms with van der Waals surface area (Å²) >= 11 is 0. The third-order valence-corrected chi connectivity index (χ3v) is 2.53. The van der Waals surface area contributed by atoms with Gasteiger partial charge in [-0.15, -0.1) is 5.10 Å². The summed E-state index contributed by atoms with van der Waals surface area (Å²) in [4.78, 5) is 17.3. The maximum absolute atomic E-state index is 12.6. The van der Waals surface area contributed by atoms with Crippen LogP contribution >= 0.6 is 0 Å². The Kier molecular flexibility index (Phi) is 4.02. The lowest BCUT2D eigenvalue weighted by molar-refractivity contribution is 0.0659. The van der Waals surface area contributed by atoms with E-state index in [1.54, 1.807) is 18.2 Å². The Morgan fingerprint density at radius 1 is 1.35 bits per heavy atom. The molecule has 106 valence electrons. The lowest BCUT2D eigenvalue weighted by atomic mass is 10.2. The monoisotopic (exact) mass is 285 g/mol. The van der Waals surface area contributed by atoms with E-state index in [1.807, 2.05) is 6.92 Å². The molecule has 0 atom stereocenters. The van der Waals surface area contributed by atoms with E-state index in [1.165, 1.54) is 0 Å². The van der Waals surface area contributed by atoms with Crippen LogP contribution in [0.15, 0.2) is 34.9 Å². The van der Waals surface area contributed by atoms with Gasteiger partial charge >= 0.3 is 11.6 Å². The highest BCUT2D eigenvalue weighted by Gasteiger charge is 2.08. The van der Waals surface area contributed by atoms with Gasteiger partial charge in [0.05, 0.1) is 5.39 Å². The van der Waals surface area contributed by atoms with Crippen LogP contribution in [0.25, 0.3) is 10.9 Å². The average molecular weight is 285 g/mol. The van der Waals surface area contributed by atoms with E-state index in [2.05, 4.69) is 10.3 Å². The normalized spacial score (nSPS) is 10.6. The summed E-state index contributed by atoms with van der Waals surface area (Å²) in [5.74, 6) is -1.58. The number of nitrogens with zero attached hydrogens (tertiary/aromatic N) is 3. The van der Waals surface area contributed by atoms with Crippen molar-refractivity contribution in [3.8, 4) is 0 Å². The van der Waals surface area contributed by atoms with Gasteiger partial charge in [-0.1, -0.05) is 6.07 Å². The smallest absolute Gasteiger partial charge is 0.314 e. The van der Waals surface area contributed by atoms with Crippen molar-refractivity contribution in [1.82, 2.24) is 15.2 Å². The molecule has 0 saturated heterocycles. The van der Waals surface area contributed by atoms with Crippen molar-refractivity contribution in [3.05, 3.63) is 46.0 Å². The number of hydrogen-bond acceptors (Lipinski definition) is 4. The fourth-order valence-electron chi connectivity index (χ4n) is 1.54. The van der Waals surface area contributed by atoms with Gasteiger partial charge < -0.3 is 4.84 Å². The van der Waals surface area contributed by atoms with Gasteiger partial charge in [-0.3, -0.25) is 4.79 Å². The average Bonchev–Trinajstić information content (AvgIpc) is 2.41. The summed E-state index contributed by atoms with van der Waals surface area (Å²) in [7, 11) is 0. The summed E-state index contributed by atoms with van der Waals surface area (Å²) in [6.07, 6.45) is -3.05. The Morgan fingerprint density at radius 3 is 2.80 bits per heavy atom. The van der Waals surface area contributed by atoms with Crippen LogP contribution in [-0.2, 0) is 0 Å². The Bertz CT molecular complexity index is 723. The first kappa shape index (κ1) is 14.0. The fraction of sp³-hybridized carbons (Fsp3) is 0.250. The molecule has 0 aliphatic rings. The van der Waals surface area contributed by atoms with Crippen molar-refractivity contribution in [2.75, 3.05) is 6.61 Å². The van der Waals surface area contributed by atoms with Gasteiger partial charge in [0.1, 0.15) is 12.1 Å². The van der Waals surface area contributed by atoms with Crippen LogP contribution in [-0.4, -0.2) is 21.8 Å². The van der Waals surface area contributed by atoms with E-state index in [4.69, 9.17) is 4.84 Å². The SMILES string of the molecule is Cc1ccc2c(=O)n(OCCC(F)=C(F)F)nnc2c1. The largest absolute Gasteiger partial charge is 0.392 e. The van der Waals surface area contributed by atoms with Crippen molar-refractivity contribution in [2.45, 2.75) is 13.3 Å². The van der Waals surface area contributed by atoms with Gasteiger partial charge in [0.15, 0.2) is 5.83 Å². The van der Waals surface area contributed by atoms with E-state index >= 15 is 0 Å². The molecule has 0 unspecified atom stereocenters. The molecule has 1 aromatic carbocycles. The maximum Gasteiger partial charge on any atom is 0.314 e. The Labute approximate surface area is 111 Å². The molecule has 1 heterocycles. The zero-order valence-corrected chi connectivity index (χ0v) is 10.4. The van der Waals surface area contributed by atoms with Crippen molar-refractivity contribution in [3.63, 3.8) is 0 Å². The maximum atomic E-state index is 12.6. The molecular formula is C12H10F3N3O2. The molecule has 0 aliphatic heterocycles. The summed E-state index contributed by atoms with van der Waals surface area (Å²) < 4.78 is 36.2. The lowest BCUT2D eigenvalue weighted by Gasteiger charge is -2.06. The summed E-state index contributed by atoms with van der Waals surface area (Å²) in [6.45, 7) is 1.39. The molecule has 20 heavy (non-hydrogen) atoms. The van der Waals surface area contributed by atoms with E-state index in [0.29, 0.717) is 10.4 Å². The van der Waals surface area contributed by atoms with Crippen LogP contribution in [0.5, 0.6) is 0 Å². The molecule has 2 rings (SSSR count). The first-order valence-electron chi connectivity index (χ1n) is 5.68. The quantitative estimate of drug-likeness (QED) is 0.862. The summed E-state index contributed by atoms with van der Waals surface area (Å²) in [5.41, 5.74) is 0.728. The fourth-order valence-corrected chi connectivity index (χ4v) is 1.54. The van der Waals surface area contributed by atoms with Crippen LogP contribution in [0.1, 0.15) is 12.0 Å². The number of benzene rings is 1. The molecule has 0 radical (unpaired) electrons. The first-order chi connectivity index (χ1) is 9.49. The van der Waals surface area contributed by atoms with Crippen LogP contribution in [0.2, 0.25) is 0 Å². The number of hydrogen-bond donors (Lipinski definition) is 0. The van der Waals surface area contributed by atoms with Gasteiger partial charge in [-0.25, -0.2) is 4.39 Å². The van der Waals surface area contributed by atoms with E-state index in [0.717, 1.165) is 5.56 Å². The number of fused-ring (bicyclic) bond motifs is 1. The van der Waals surface area contributed by atoms with Crippen LogP contribution < -0.4 is 10.4 Å². The Hall–Kier alpha value is -2.38. The van der Waals surface area contributed by atoms with Crippen LogP contribution in [0.3, 0.4) is 0 Å². The molecule has 0 saturated carbocycles. The third kappa shape index (κ3) is 2.95. The molecule has 0 fully saturated rings. The zero-order valence-electron chi connectivity index (χ0n) is 10.4. The second kappa shape index (κ2) is 5.72. The number of aryl methyl sites for hydroxylation is 1. The van der Waals surface area contributed by atoms with Crippen molar-refractivity contribution in [1.29, 1.82) is 0 Å². The highest BCUT2D eigenvalue weighted by molar-refractivity contribution is 5.77. The van der Waals surface area contributed by atoms with Crippen molar-refractivity contribution < 1.29 is 18.0 Å². The summed E-state index contributed by atoms with van der Waals surface area (Å²) in [6, 6.07) is 4.95. The van der Waals surface area contributed by atoms with Gasteiger partial charge in [-0.2, -0.15) is 8.78 Å². The molecule has 0 N–H and O–H groups in total. The van der Waals surface area contributed by atoms with Crippen molar-refractivity contribution in [2.24, 2.45) is 0 Å². The third-order valence-electron chi connectivity index (χ3n) is 2.53. The molecule has 0 bridgehead atoms. The topological polar surface area (TPSA) is 57.0 Å². The predicted molar refractivity (Wildman–Crippen MR) is 64.9 cm³/mol. The first-order valence-corrected chi connectivity index (χ1v) is 5.68. The standard InChI is InChI=1S/C12H10F3N3O2/c1-7-2-3-8-10(6-7)16-17-18(12(8)19)20-5-4-9(13)11(14)15/h2-3,6H,4-5H2,1H3. The molecule has 0 spiro atoms. The zero-order chi connectivity index (χ0) is 14.7. The minimum Gasteiger partial charge on any atom is -0.392 e. The van der Waals surface area contributed by atoms with Gasteiger partial charge in [0, 0.05) is 6.42 Å². The predicted octanol–water partition coefficient (Wildman–Crippen LogP) is 2.00. The molecule has 0 aliphatic carbocycles. The van der Waals surface area contributed by atoms with E-state index < -0.39 is 30.5 Å². The highest BCUT2D eigenvalue weighted by atomic mass is 19.3. The van der Waals surface area contributed by atoms with Gasteiger partial charge in [0.25, 0.3) is 0 Å². The minimum absolute atomic E-state index is 0.276. The Morgan fingerprint density at radius 2 is 2.10 bits per heavy atom. The molecule has 0 amide bonds. The van der Waals surface area contributed by atoms with Gasteiger partial charge in [-0.05, 0) is 34.7 Å². The summed E-state index contributed by atoms with van der Waals surface area (Å²) in [5, 5.41) is 7.54. The van der Waals surface area contributed by atoms with Gasteiger partial charge in [0.2, 0.25) is 0 Å². The van der Waals surface area contributed by atoms with Crippen LogP contribution in [0, 0.1) is 6.92 Å². The van der Waals surface area contributed by atoms with Crippen LogP contribution in [0.4, 0.5) is 13.2 Å². The molecule has 5 nitrogen and oxygen atoms in total. The molecular weight excluding hydrogens is 275 g/mol. The number of rotatable bonds is 4. The molecule has 1 aromatic heterocycles. The van der Waals surface area contributed by atoms with E-state index in [9.17, 15) is 18.0 Å². The number of aromatic nitrogens is 3. The Balaban J connectivity index is 2.20. The second-order valence-corrected chi connectivity index (χ2v) is 4.04. The second-order valence-electron chi connectivity index (χ2n) is 4.04. The van der Waals surface area contributed by atoms with Crippen molar-refractivity contribution >= 4 is 10.9 Å². The minimum atomic E-state index is -2.40. The highest BCUT2D eigenvalue weighted by Crippen LogP contribution is 2.12. The molecule has 8 heteroatoms. The number of halogens is 3. The van der Waals surface area contributed by atoms with E-state index in [-0.39, 0.29) is 5.39 Å². The molecule has 2 aromatic rings.